The quantitative estimate of drug-likeness (QED) is 0.862. The van der Waals surface area contributed by atoms with Gasteiger partial charge in [-0.15, -0.1) is 0 Å². The second kappa shape index (κ2) is 6.67. The number of hydrogen-bond acceptors (Lipinski definition) is 1. The fourth-order valence-electron chi connectivity index (χ4n) is 2.82. The van der Waals surface area contributed by atoms with Gasteiger partial charge in [0.25, 0.3) is 0 Å². The van der Waals surface area contributed by atoms with Gasteiger partial charge in [0, 0.05) is 16.6 Å². The highest BCUT2D eigenvalue weighted by Crippen LogP contribution is 2.28. The molecule has 1 saturated carbocycles. The second-order valence-corrected chi connectivity index (χ2v) is 6.42. The van der Waals surface area contributed by atoms with E-state index in [2.05, 4.69) is 28.2 Å². The minimum Gasteiger partial charge on any atom is -0.312 e. The van der Waals surface area contributed by atoms with Gasteiger partial charge < -0.3 is 5.32 Å². The Morgan fingerprint density at radius 2 is 2.22 bits per heavy atom. The smallest absolute Gasteiger partial charge is 0.128 e. The van der Waals surface area contributed by atoms with E-state index in [-0.39, 0.29) is 5.82 Å². The van der Waals surface area contributed by atoms with Crippen molar-refractivity contribution in [2.75, 3.05) is 6.54 Å². The van der Waals surface area contributed by atoms with Crippen LogP contribution >= 0.6 is 15.9 Å². The molecule has 2 atom stereocenters. The minimum absolute atomic E-state index is 0.131. The molecule has 0 saturated heterocycles. The fourth-order valence-corrected chi connectivity index (χ4v) is 3.15. The molecule has 1 aliphatic rings. The van der Waals surface area contributed by atoms with E-state index in [9.17, 15) is 4.39 Å². The third-order valence-electron chi connectivity index (χ3n) is 3.81. The van der Waals surface area contributed by atoms with Crippen molar-refractivity contribution in [3.05, 3.63) is 34.1 Å². The molecule has 0 aliphatic heterocycles. The predicted octanol–water partition coefficient (Wildman–Crippen LogP) is 4.50. The van der Waals surface area contributed by atoms with Crippen molar-refractivity contribution in [3.8, 4) is 0 Å². The lowest BCUT2D eigenvalue weighted by molar-refractivity contribution is 0.274. The summed E-state index contributed by atoms with van der Waals surface area (Å²) in [6, 6.07) is 5.26. The van der Waals surface area contributed by atoms with E-state index in [1.807, 2.05) is 12.1 Å². The average molecular weight is 314 g/mol. The predicted molar refractivity (Wildman–Crippen MR) is 76.9 cm³/mol. The maximum absolute atomic E-state index is 13.6. The molecule has 0 bridgehead atoms. The SMILES string of the molecule is CC1CCCC(CNCc2ccc(Br)cc2F)C1. The van der Waals surface area contributed by atoms with Crippen molar-refractivity contribution >= 4 is 15.9 Å². The Bertz CT molecular complexity index is 394. The molecule has 18 heavy (non-hydrogen) atoms. The maximum atomic E-state index is 13.6. The first-order chi connectivity index (χ1) is 8.65. The van der Waals surface area contributed by atoms with Gasteiger partial charge in [-0.1, -0.05) is 41.8 Å². The summed E-state index contributed by atoms with van der Waals surface area (Å²) in [5.41, 5.74) is 0.752. The number of benzene rings is 1. The van der Waals surface area contributed by atoms with Crippen molar-refractivity contribution in [2.45, 2.75) is 39.2 Å². The molecule has 1 aliphatic carbocycles. The van der Waals surface area contributed by atoms with Crippen LogP contribution in [0.2, 0.25) is 0 Å². The monoisotopic (exact) mass is 313 g/mol. The highest BCUT2D eigenvalue weighted by Gasteiger charge is 2.18. The lowest BCUT2D eigenvalue weighted by atomic mass is 9.82. The zero-order chi connectivity index (χ0) is 13.0. The highest BCUT2D eigenvalue weighted by molar-refractivity contribution is 9.10. The molecule has 1 fully saturated rings. The van der Waals surface area contributed by atoms with Crippen molar-refractivity contribution in [3.63, 3.8) is 0 Å². The molecular formula is C15H21BrFN. The first-order valence-corrected chi connectivity index (χ1v) is 7.59. The fraction of sp³-hybridized carbons (Fsp3) is 0.600. The summed E-state index contributed by atoms with van der Waals surface area (Å²) >= 11 is 3.27. The van der Waals surface area contributed by atoms with Gasteiger partial charge in [0.1, 0.15) is 5.82 Å². The Morgan fingerprint density at radius 3 is 2.94 bits per heavy atom. The van der Waals surface area contributed by atoms with E-state index in [0.717, 1.165) is 28.4 Å². The molecule has 100 valence electrons. The van der Waals surface area contributed by atoms with Crippen LogP contribution in [0.4, 0.5) is 4.39 Å². The summed E-state index contributed by atoms with van der Waals surface area (Å²) in [5, 5.41) is 3.40. The van der Waals surface area contributed by atoms with Gasteiger partial charge in [-0.25, -0.2) is 4.39 Å². The van der Waals surface area contributed by atoms with E-state index < -0.39 is 0 Å². The van der Waals surface area contributed by atoms with Crippen LogP contribution in [-0.2, 0) is 6.54 Å². The molecule has 1 nitrogen and oxygen atoms in total. The van der Waals surface area contributed by atoms with Crippen LogP contribution < -0.4 is 5.32 Å². The number of nitrogens with one attached hydrogen (secondary N) is 1. The molecule has 0 spiro atoms. The van der Waals surface area contributed by atoms with Crippen LogP contribution in [0.25, 0.3) is 0 Å². The molecule has 0 amide bonds. The molecule has 3 heteroatoms. The molecule has 0 radical (unpaired) electrons. The molecule has 0 aromatic heterocycles. The van der Waals surface area contributed by atoms with Gasteiger partial charge in [-0.05, 0) is 43.4 Å². The van der Waals surface area contributed by atoms with Gasteiger partial charge in [0.15, 0.2) is 0 Å². The van der Waals surface area contributed by atoms with Gasteiger partial charge >= 0.3 is 0 Å². The van der Waals surface area contributed by atoms with Crippen LogP contribution in [0.15, 0.2) is 22.7 Å². The first kappa shape index (κ1) is 14.0. The number of hydrogen-bond donors (Lipinski definition) is 1. The van der Waals surface area contributed by atoms with E-state index >= 15 is 0 Å². The Morgan fingerprint density at radius 1 is 1.39 bits per heavy atom. The highest BCUT2D eigenvalue weighted by atomic mass is 79.9. The zero-order valence-electron chi connectivity index (χ0n) is 10.9. The summed E-state index contributed by atoms with van der Waals surface area (Å²) in [6.45, 7) is 3.98. The van der Waals surface area contributed by atoms with Crippen LogP contribution in [0, 0.1) is 17.7 Å². The van der Waals surface area contributed by atoms with Crippen LogP contribution in [-0.4, -0.2) is 6.54 Å². The van der Waals surface area contributed by atoms with Crippen molar-refractivity contribution < 1.29 is 4.39 Å². The Kier molecular flexibility index (Phi) is 5.19. The third kappa shape index (κ3) is 4.06. The van der Waals surface area contributed by atoms with E-state index in [4.69, 9.17) is 0 Å². The van der Waals surface area contributed by atoms with E-state index in [0.29, 0.717) is 6.54 Å². The van der Waals surface area contributed by atoms with Gasteiger partial charge in [-0.2, -0.15) is 0 Å². The lowest BCUT2D eigenvalue weighted by Crippen LogP contribution is -2.26. The third-order valence-corrected chi connectivity index (χ3v) is 4.30. The van der Waals surface area contributed by atoms with Gasteiger partial charge in [0.05, 0.1) is 0 Å². The molecule has 2 unspecified atom stereocenters. The summed E-state index contributed by atoms with van der Waals surface area (Å²) in [4.78, 5) is 0. The zero-order valence-corrected chi connectivity index (χ0v) is 12.5. The van der Waals surface area contributed by atoms with Crippen molar-refractivity contribution in [1.29, 1.82) is 0 Å². The van der Waals surface area contributed by atoms with Gasteiger partial charge in [0.2, 0.25) is 0 Å². The molecule has 2 rings (SSSR count). The number of rotatable bonds is 4. The van der Waals surface area contributed by atoms with Crippen LogP contribution in [0.1, 0.15) is 38.2 Å². The largest absolute Gasteiger partial charge is 0.312 e. The normalized spacial score (nSPS) is 24.2. The Labute approximate surface area is 117 Å². The van der Waals surface area contributed by atoms with Crippen LogP contribution in [0.3, 0.4) is 0 Å². The van der Waals surface area contributed by atoms with E-state index in [1.54, 1.807) is 0 Å². The van der Waals surface area contributed by atoms with Crippen molar-refractivity contribution in [1.82, 2.24) is 5.32 Å². The average Bonchev–Trinajstić information content (AvgIpc) is 2.32. The molecular weight excluding hydrogens is 293 g/mol. The lowest BCUT2D eigenvalue weighted by Gasteiger charge is -2.26. The Balaban J connectivity index is 1.77. The van der Waals surface area contributed by atoms with Crippen molar-refractivity contribution in [2.24, 2.45) is 11.8 Å². The maximum Gasteiger partial charge on any atom is 0.128 e. The molecule has 1 aromatic rings. The summed E-state index contributed by atoms with van der Waals surface area (Å²) in [6.07, 6.45) is 5.36. The first-order valence-electron chi connectivity index (χ1n) is 6.80. The summed E-state index contributed by atoms with van der Waals surface area (Å²) < 4.78 is 14.4. The van der Waals surface area contributed by atoms with Gasteiger partial charge in [-0.3, -0.25) is 0 Å². The topological polar surface area (TPSA) is 12.0 Å². The van der Waals surface area contributed by atoms with E-state index in [1.165, 1.54) is 31.7 Å². The summed E-state index contributed by atoms with van der Waals surface area (Å²) in [5.74, 6) is 1.50. The minimum atomic E-state index is -0.131. The molecule has 1 N–H and O–H groups in total. The summed E-state index contributed by atoms with van der Waals surface area (Å²) in [7, 11) is 0. The number of halogens is 2. The molecule has 0 heterocycles. The second-order valence-electron chi connectivity index (χ2n) is 5.50. The Hall–Kier alpha value is -0.410. The molecule has 1 aromatic carbocycles. The standard InChI is InChI=1S/C15H21BrFN/c1-11-3-2-4-12(7-11)9-18-10-13-5-6-14(16)8-15(13)17/h5-6,8,11-12,18H,2-4,7,9-10H2,1H3. The van der Waals surface area contributed by atoms with Crippen LogP contribution in [0.5, 0.6) is 0 Å².